The van der Waals surface area contributed by atoms with Crippen molar-refractivity contribution in [2.24, 2.45) is 5.92 Å². The zero-order chi connectivity index (χ0) is 21.2. The first-order chi connectivity index (χ1) is 14.0. The summed E-state index contributed by atoms with van der Waals surface area (Å²) in [5.41, 5.74) is 2.99. The number of urea groups is 1. The number of nitrogens with zero attached hydrogens (tertiary/aromatic N) is 2. The van der Waals surface area contributed by atoms with E-state index in [0.717, 1.165) is 43.4 Å². The second-order valence-corrected chi connectivity index (χ2v) is 7.97. The summed E-state index contributed by atoms with van der Waals surface area (Å²) in [6.45, 7) is 0.152. The van der Waals surface area contributed by atoms with Crippen LogP contribution in [0.5, 0.6) is 0 Å². The first-order valence-electron chi connectivity index (χ1n) is 10.7. The highest BCUT2D eigenvalue weighted by Crippen LogP contribution is 2.27. The molecule has 162 valence electrons. The van der Waals surface area contributed by atoms with Gasteiger partial charge in [-0.3, -0.25) is 9.59 Å². The molecule has 2 aliphatic rings. The molecule has 3 amide bonds. The van der Waals surface area contributed by atoms with Crippen LogP contribution in [0.2, 0.25) is 0 Å². The lowest BCUT2D eigenvalue weighted by Gasteiger charge is -2.29. The monoisotopic (exact) mass is 407 g/mol. The van der Waals surface area contributed by atoms with E-state index in [4.69, 9.17) is 11.5 Å². The lowest BCUT2D eigenvalue weighted by atomic mass is 9.85. The molecule has 8 heteroatoms. The summed E-state index contributed by atoms with van der Waals surface area (Å²) in [6.07, 6.45) is 13.6. The number of amides is 3. The smallest absolute Gasteiger partial charge is 0.342 e. The molecule has 3 N–H and O–H groups in total. The Labute approximate surface area is 172 Å². The molecule has 2 atom stereocenters. The second-order valence-electron chi connectivity index (χ2n) is 7.97. The van der Waals surface area contributed by atoms with E-state index in [0.29, 0.717) is 19.3 Å². The van der Waals surface area contributed by atoms with Crippen LogP contribution in [0.25, 0.3) is 0 Å². The third kappa shape index (κ3) is 6.72. The van der Waals surface area contributed by atoms with Crippen molar-refractivity contribution in [3.05, 3.63) is 0 Å². The molecule has 0 bridgehead atoms. The number of aliphatic carboxylic acids is 1. The maximum Gasteiger partial charge on any atom is 0.342 e. The molecule has 2 fully saturated rings. The maximum absolute atomic E-state index is 12.7. The highest BCUT2D eigenvalue weighted by atomic mass is 16.4. The Balaban J connectivity index is 1.88. The van der Waals surface area contributed by atoms with Gasteiger partial charge >= 0.3 is 12.0 Å². The van der Waals surface area contributed by atoms with Gasteiger partial charge in [-0.2, -0.15) is 0 Å². The summed E-state index contributed by atoms with van der Waals surface area (Å²) >= 11 is 0. The summed E-state index contributed by atoms with van der Waals surface area (Å²) in [4.78, 5) is 36.9. The number of imide groups is 1. The molecule has 0 aromatic carbocycles. The fraction of sp³-hybridized carbons (Fsp3) is 0.762. The van der Waals surface area contributed by atoms with Crippen LogP contribution in [0.15, 0.2) is 0 Å². The van der Waals surface area contributed by atoms with Gasteiger partial charge in [0.15, 0.2) is 0 Å². The largest absolute Gasteiger partial charge is 0.481 e. The number of hydrazine groups is 1. The molecule has 1 aliphatic carbocycles. The van der Waals surface area contributed by atoms with Gasteiger partial charge in [-0.05, 0) is 31.6 Å². The molecule has 1 saturated carbocycles. The van der Waals surface area contributed by atoms with E-state index in [-0.39, 0.29) is 31.3 Å². The van der Waals surface area contributed by atoms with E-state index in [9.17, 15) is 19.5 Å². The van der Waals surface area contributed by atoms with Crippen LogP contribution in [0.1, 0.15) is 70.6 Å². The number of carboxylic acid groups (broad SMARTS) is 1. The van der Waals surface area contributed by atoms with Crippen LogP contribution in [0.4, 0.5) is 4.79 Å². The first-order valence-corrected chi connectivity index (χ1v) is 10.7. The number of carbonyl (C=O) groups is 3. The third-order valence-corrected chi connectivity index (χ3v) is 5.83. The summed E-state index contributed by atoms with van der Waals surface area (Å²) in [6, 6.07) is -1.12. The minimum atomic E-state index is -0.807. The number of carboxylic acids is 1. The minimum absolute atomic E-state index is 0.0733. The molecule has 1 aliphatic heterocycles. The van der Waals surface area contributed by atoms with Gasteiger partial charge in [0.2, 0.25) is 0 Å². The summed E-state index contributed by atoms with van der Waals surface area (Å²) in [7, 11) is 0. The van der Waals surface area contributed by atoms with Gasteiger partial charge < -0.3 is 10.2 Å². The van der Waals surface area contributed by atoms with E-state index in [2.05, 4.69) is 11.3 Å². The van der Waals surface area contributed by atoms with E-state index < -0.39 is 24.1 Å². The van der Waals surface area contributed by atoms with Crippen LogP contribution >= 0.6 is 0 Å². The zero-order valence-electron chi connectivity index (χ0n) is 17.0. The molecule has 0 spiro atoms. The topological polar surface area (TPSA) is 110 Å². The van der Waals surface area contributed by atoms with Crippen molar-refractivity contribution in [2.75, 3.05) is 13.1 Å². The highest BCUT2D eigenvalue weighted by molar-refractivity contribution is 6.04. The number of carbonyl (C=O) groups excluding carboxylic acids is 2. The number of hydrogen-bond donors (Lipinski definition) is 3. The number of rotatable bonds is 12. The number of unbranched alkanes of at least 4 members (excludes halogenated alkanes) is 3. The normalized spacial score (nSPS) is 21.4. The van der Waals surface area contributed by atoms with Crippen LogP contribution in [-0.4, -0.2) is 63.3 Å². The van der Waals surface area contributed by atoms with Crippen LogP contribution in [0, 0.1) is 18.3 Å². The summed E-state index contributed by atoms with van der Waals surface area (Å²) < 4.78 is 0. The summed E-state index contributed by atoms with van der Waals surface area (Å²) in [5.74, 6) is 1.44. The van der Waals surface area contributed by atoms with Crippen molar-refractivity contribution in [1.29, 1.82) is 0 Å². The Morgan fingerprint density at radius 2 is 1.86 bits per heavy atom. The molecule has 2 unspecified atom stereocenters. The molecule has 1 saturated heterocycles. The zero-order valence-corrected chi connectivity index (χ0v) is 17.0. The lowest BCUT2D eigenvalue weighted by Crippen LogP contribution is -2.49. The van der Waals surface area contributed by atoms with Crippen molar-refractivity contribution in [3.63, 3.8) is 0 Å². The van der Waals surface area contributed by atoms with Crippen molar-refractivity contribution >= 4 is 17.9 Å². The molecular weight excluding hydrogens is 374 g/mol. The number of aliphatic hydroxyl groups is 1. The third-order valence-electron chi connectivity index (χ3n) is 5.83. The maximum atomic E-state index is 12.7. The van der Waals surface area contributed by atoms with Crippen molar-refractivity contribution in [1.82, 2.24) is 15.3 Å². The van der Waals surface area contributed by atoms with Gasteiger partial charge in [0, 0.05) is 13.0 Å². The fourth-order valence-electron chi connectivity index (χ4n) is 4.16. The lowest BCUT2D eigenvalue weighted by molar-refractivity contribution is -0.137. The van der Waals surface area contributed by atoms with E-state index >= 15 is 0 Å². The quantitative estimate of drug-likeness (QED) is 0.260. The standard InChI is InChI=1S/C21H33N3O5/c1-2-14-23-20(28)17(12-8-3-4-9-13-19(26)27)24(21(23)29)22-15-18(25)16-10-6-5-7-11-16/h1,16-18,22,25H,3-15H2,(H,26,27). The average molecular weight is 408 g/mol. The van der Waals surface area contributed by atoms with Crippen molar-refractivity contribution in [2.45, 2.75) is 82.8 Å². The Morgan fingerprint density at radius 3 is 2.52 bits per heavy atom. The van der Waals surface area contributed by atoms with Gasteiger partial charge in [0.05, 0.1) is 12.6 Å². The molecule has 0 aromatic rings. The van der Waals surface area contributed by atoms with E-state index in [1.54, 1.807) is 0 Å². The van der Waals surface area contributed by atoms with Gasteiger partial charge in [-0.1, -0.05) is 44.4 Å². The Kier molecular flexibility index (Phi) is 9.42. The Hall–Kier alpha value is -2.11. The fourth-order valence-corrected chi connectivity index (χ4v) is 4.16. The summed E-state index contributed by atoms with van der Waals surface area (Å²) in [5, 5.41) is 20.5. The van der Waals surface area contributed by atoms with Crippen LogP contribution < -0.4 is 5.43 Å². The Bertz CT molecular complexity index is 612. The van der Waals surface area contributed by atoms with E-state index in [1.165, 1.54) is 11.4 Å². The molecule has 1 heterocycles. The van der Waals surface area contributed by atoms with E-state index in [1.807, 2.05) is 0 Å². The molecular formula is C21H33N3O5. The number of hydrogen-bond acceptors (Lipinski definition) is 5. The molecule has 0 radical (unpaired) electrons. The highest BCUT2D eigenvalue weighted by Gasteiger charge is 2.44. The minimum Gasteiger partial charge on any atom is -0.481 e. The molecule has 8 nitrogen and oxygen atoms in total. The Morgan fingerprint density at radius 1 is 1.17 bits per heavy atom. The van der Waals surface area contributed by atoms with Gasteiger partial charge in [-0.15, -0.1) is 6.42 Å². The predicted octanol–water partition coefficient (Wildman–Crippen LogP) is 2.12. The van der Waals surface area contributed by atoms with Gasteiger partial charge in [0.25, 0.3) is 5.91 Å². The number of aliphatic hydroxyl groups excluding tert-OH is 1. The average Bonchev–Trinajstić information content (AvgIpc) is 2.93. The number of nitrogens with one attached hydrogen (secondary N) is 1. The SMILES string of the molecule is C#CCN1C(=O)C(CCCCCCC(=O)O)N(NCC(O)C2CCCCC2)C1=O. The van der Waals surface area contributed by atoms with Crippen LogP contribution in [0.3, 0.4) is 0 Å². The van der Waals surface area contributed by atoms with Gasteiger partial charge in [0.1, 0.15) is 6.04 Å². The molecule has 2 rings (SSSR count). The van der Waals surface area contributed by atoms with Crippen LogP contribution in [-0.2, 0) is 9.59 Å². The molecule has 0 aromatic heterocycles. The predicted molar refractivity (Wildman–Crippen MR) is 107 cm³/mol. The first kappa shape index (κ1) is 23.2. The van der Waals surface area contributed by atoms with Gasteiger partial charge in [-0.25, -0.2) is 20.1 Å². The van der Waals surface area contributed by atoms with Crippen molar-refractivity contribution < 1.29 is 24.6 Å². The second kappa shape index (κ2) is 11.8. The number of terminal acetylenes is 1. The molecule has 29 heavy (non-hydrogen) atoms. The van der Waals surface area contributed by atoms with Crippen molar-refractivity contribution in [3.8, 4) is 12.3 Å².